The molecular formula is C18H20Cl2O2. The molecule has 0 amide bonds. The fourth-order valence-corrected chi connectivity index (χ4v) is 2.19. The minimum absolute atomic E-state index is 0.622. The summed E-state index contributed by atoms with van der Waals surface area (Å²) >= 11 is 11.3. The molecule has 22 heavy (non-hydrogen) atoms. The summed E-state index contributed by atoms with van der Waals surface area (Å²) in [6, 6.07) is 16.1. The maximum atomic E-state index is 5.63. The van der Waals surface area contributed by atoms with Gasteiger partial charge in [-0.3, -0.25) is 0 Å². The van der Waals surface area contributed by atoms with Gasteiger partial charge < -0.3 is 9.47 Å². The van der Waals surface area contributed by atoms with Crippen LogP contribution in [0.2, 0.25) is 0 Å². The highest BCUT2D eigenvalue weighted by atomic mass is 35.5. The maximum Gasteiger partial charge on any atom is 0.119 e. The number of halogens is 2. The molecule has 0 aliphatic heterocycles. The van der Waals surface area contributed by atoms with Gasteiger partial charge in [0.25, 0.3) is 0 Å². The molecule has 0 saturated carbocycles. The van der Waals surface area contributed by atoms with E-state index < -0.39 is 0 Å². The average molecular weight is 339 g/mol. The smallest absolute Gasteiger partial charge is 0.119 e. The molecule has 0 aliphatic rings. The van der Waals surface area contributed by atoms with Crippen LogP contribution in [-0.4, -0.2) is 25.0 Å². The lowest BCUT2D eigenvalue weighted by molar-refractivity contribution is 0.318. The third kappa shape index (κ3) is 5.43. The molecule has 2 rings (SSSR count). The Morgan fingerprint density at radius 1 is 0.591 bits per heavy atom. The van der Waals surface area contributed by atoms with Crippen LogP contribution in [0.3, 0.4) is 0 Å². The zero-order valence-electron chi connectivity index (χ0n) is 12.4. The summed E-state index contributed by atoms with van der Waals surface area (Å²) in [6.07, 6.45) is 1.71. The van der Waals surface area contributed by atoms with Crippen molar-refractivity contribution in [2.45, 2.75) is 12.8 Å². The highest BCUT2D eigenvalue weighted by Crippen LogP contribution is 2.24. The Bertz CT molecular complexity index is 487. The van der Waals surface area contributed by atoms with E-state index in [2.05, 4.69) is 24.3 Å². The Hall–Kier alpha value is -1.38. The minimum Gasteiger partial charge on any atom is -0.494 e. The van der Waals surface area contributed by atoms with E-state index in [0.717, 1.165) is 35.5 Å². The largest absolute Gasteiger partial charge is 0.494 e. The molecule has 0 radical (unpaired) electrons. The molecule has 2 nitrogen and oxygen atoms in total. The van der Waals surface area contributed by atoms with Crippen LogP contribution < -0.4 is 9.47 Å². The van der Waals surface area contributed by atoms with Crippen LogP contribution in [0.1, 0.15) is 12.8 Å². The van der Waals surface area contributed by atoms with Crippen LogP contribution in [0.25, 0.3) is 11.1 Å². The third-order valence-electron chi connectivity index (χ3n) is 3.14. The lowest BCUT2D eigenvalue weighted by Crippen LogP contribution is -1.97. The number of benzene rings is 2. The van der Waals surface area contributed by atoms with Gasteiger partial charge in [0, 0.05) is 11.8 Å². The summed E-state index contributed by atoms with van der Waals surface area (Å²) in [5.74, 6) is 2.99. The predicted molar refractivity (Wildman–Crippen MR) is 93.5 cm³/mol. The molecule has 0 fully saturated rings. The van der Waals surface area contributed by atoms with Crippen LogP contribution in [0.15, 0.2) is 48.5 Å². The SMILES string of the molecule is ClCCCOc1ccc(-c2ccc(OCCCCl)cc2)cc1. The van der Waals surface area contributed by atoms with Crippen molar-refractivity contribution in [3.63, 3.8) is 0 Å². The van der Waals surface area contributed by atoms with Crippen molar-refractivity contribution in [1.29, 1.82) is 0 Å². The van der Waals surface area contributed by atoms with Crippen LogP contribution >= 0.6 is 23.2 Å². The zero-order valence-corrected chi connectivity index (χ0v) is 13.9. The van der Waals surface area contributed by atoms with Crippen molar-refractivity contribution in [2.75, 3.05) is 25.0 Å². The molecule has 0 spiro atoms. The molecule has 0 atom stereocenters. The van der Waals surface area contributed by atoms with Gasteiger partial charge >= 0.3 is 0 Å². The molecule has 0 aliphatic carbocycles. The van der Waals surface area contributed by atoms with Gasteiger partial charge in [-0.2, -0.15) is 0 Å². The topological polar surface area (TPSA) is 18.5 Å². The first-order valence-corrected chi connectivity index (χ1v) is 8.48. The van der Waals surface area contributed by atoms with Crippen molar-refractivity contribution in [2.24, 2.45) is 0 Å². The molecule has 0 saturated heterocycles. The summed E-state index contributed by atoms with van der Waals surface area (Å²) in [6.45, 7) is 1.30. The van der Waals surface area contributed by atoms with Gasteiger partial charge in [0.1, 0.15) is 11.5 Å². The monoisotopic (exact) mass is 338 g/mol. The van der Waals surface area contributed by atoms with Crippen molar-refractivity contribution in [3.05, 3.63) is 48.5 Å². The van der Waals surface area contributed by atoms with Crippen LogP contribution in [0, 0.1) is 0 Å². The van der Waals surface area contributed by atoms with E-state index in [1.807, 2.05) is 24.3 Å². The molecule has 0 N–H and O–H groups in total. The molecule has 2 aromatic rings. The van der Waals surface area contributed by atoms with Crippen LogP contribution in [-0.2, 0) is 0 Å². The summed E-state index contributed by atoms with van der Waals surface area (Å²) in [5.41, 5.74) is 2.30. The van der Waals surface area contributed by atoms with Gasteiger partial charge in [0.2, 0.25) is 0 Å². The van der Waals surface area contributed by atoms with E-state index in [1.54, 1.807) is 0 Å². The first kappa shape index (κ1) is 17.0. The van der Waals surface area contributed by atoms with E-state index in [0.29, 0.717) is 25.0 Å². The zero-order chi connectivity index (χ0) is 15.6. The third-order valence-corrected chi connectivity index (χ3v) is 3.67. The summed E-state index contributed by atoms with van der Waals surface area (Å²) in [4.78, 5) is 0. The van der Waals surface area contributed by atoms with E-state index in [4.69, 9.17) is 32.7 Å². The highest BCUT2D eigenvalue weighted by molar-refractivity contribution is 6.18. The van der Waals surface area contributed by atoms with Crippen molar-refractivity contribution >= 4 is 23.2 Å². The van der Waals surface area contributed by atoms with E-state index in [-0.39, 0.29) is 0 Å². The van der Waals surface area contributed by atoms with Gasteiger partial charge in [-0.25, -0.2) is 0 Å². The number of rotatable bonds is 9. The first-order chi connectivity index (χ1) is 10.8. The molecule has 0 unspecified atom stereocenters. The molecule has 0 bridgehead atoms. The van der Waals surface area contributed by atoms with Crippen molar-refractivity contribution in [1.82, 2.24) is 0 Å². The summed E-state index contributed by atoms with van der Waals surface area (Å²) in [7, 11) is 0. The Morgan fingerprint density at radius 3 is 1.27 bits per heavy atom. The summed E-state index contributed by atoms with van der Waals surface area (Å²) in [5, 5.41) is 0. The standard InChI is InChI=1S/C18H20Cl2O2/c19-11-1-13-21-17-7-3-15(4-8-17)16-5-9-18(10-6-16)22-14-2-12-20/h3-10H,1-2,11-14H2. The molecule has 0 aromatic heterocycles. The van der Waals surface area contributed by atoms with E-state index >= 15 is 0 Å². The molecular weight excluding hydrogens is 319 g/mol. The Labute approximate surface area is 142 Å². The van der Waals surface area contributed by atoms with Crippen LogP contribution in [0.4, 0.5) is 0 Å². The first-order valence-electron chi connectivity index (χ1n) is 7.41. The van der Waals surface area contributed by atoms with Crippen molar-refractivity contribution < 1.29 is 9.47 Å². The van der Waals surface area contributed by atoms with Gasteiger partial charge in [0.05, 0.1) is 13.2 Å². The molecule has 4 heteroatoms. The highest BCUT2D eigenvalue weighted by Gasteiger charge is 2.00. The fraction of sp³-hybridized carbons (Fsp3) is 0.333. The molecule has 118 valence electrons. The Kier molecular flexibility index (Phi) is 7.41. The maximum absolute atomic E-state index is 5.63. The average Bonchev–Trinajstić information content (AvgIpc) is 2.57. The van der Waals surface area contributed by atoms with Gasteiger partial charge in [-0.05, 0) is 48.2 Å². The lowest BCUT2D eigenvalue weighted by Gasteiger charge is -2.08. The van der Waals surface area contributed by atoms with Gasteiger partial charge in [-0.15, -0.1) is 23.2 Å². The van der Waals surface area contributed by atoms with Crippen LogP contribution in [0.5, 0.6) is 11.5 Å². The second-order valence-electron chi connectivity index (χ2n) is 4.83. The minimum atomic E-state index is 0.622. The van der Waals surface area contributed by atoms with Crippen molar-refractivity contribution in [3.8, 4) is 22.6 Å². The van der Waals surface area contributed by atoms with E-state index in [9.17, 15) is 0 Å². The number of alkyl halides is 2. The van der Waals surface area contributed by atoms with Gasteiger partial charge in [0.15, 0.2) is 0 Å². The second kappa shape index (κ2) is 9.60. The molecule has 2 aromatic carbocycles. The quantitative estimate of drug-likeness (QED) is 0.452. The number of hydrogen-bond acceptors (Lipinski definition) is 2. The number of ether oxygens (including phenoxy) is 2. The number of hydrogen-bond donors (Lipinski definition) is 0. The lowest BCUT2D eigenvalue weighted by atomic mass is 10.1. The Morgan fingerprint density at radius 2 is 0.955 bits per heavy atom. The normalized spacial score (nSPS) is 10.5. The predicted octanol–water partition coefficient (Wildman–Crippen LogP) is 5.37. The van der Waals surface area contributed by atoms with E-state index in [1.165, 1.54) is 0 Å². The molecule has 0 heterocycles. The van der Waals surface area contributed by atoms with Gasteiger partial charge in [-0.1, -0.05) is 24.3 Å². The second-order valence-corrected chi connectivity index (χ2v) is 5.59. The summed E-state index contributed by atoms with van der Waals surface area (Å²) < 4.78 is 11.2. The Balaban J connectivity index is 1.93. The fourth-order valence-electron chi connectivity index (χ4n) is 1.98.